The second kappa shape index (κ2) is 11.1. The van der Waals surface area contributed by atoms with Gasteiger partial charge in [-0.1, -0.05) is 26.0 Å². The molecule has 0 bridgehead atoms. The van der Waals surface area contributed by atoms with Gasteiger partial charge >= 0.3 is 0 Å². The van der Waals surface area contributed by atoms with E-state index in [0.717, 1.165) is 22.0 Å². The van der Waals surface area contributed by atoms with E-state index in [1.165, 1.54) is 6.92 Å². The standard InChI is InChI=1S/C18H25N5OS.HI/c1-12(2)16-11-25-17(23-16)10-21-18(19-4)20-9-14-6-5-7-15(8-14)22-13(3)24;/h5-8,11-12H,9-10H2,1-4H3,(H,22,24)(H2,19,20,21);1H. The molecule has 6 nitrogen and oxygen atoms in total. The van der Waals surface area contributed by atoms with Crippen LogP contribution in [0.2, 0.25) is 0 Å². The molecule has 2 rings (SSSR count). The minimum absolute atomic E-state index is 0. The Morgan fingerprint density at radius 2 is 2.00 bits per heavy atom. The van der Waals surface area contributed by atoms with E-state index in [2.05, 4.69) is 45.2 Å². The normalized spacial score (nSPS) is 11.0. The molecule has 8 heteroatoms. The molecule has 0 radical (unpaired) electrons. The van der Waals surface area contributed by atoms with Gasteiger partial charge in [0.15, 0.2) is 5.96 Å². The highest BCUT2D eigenvalue weighted by molar-refractivity contribution is 14.0. The van der Waals surface area contributed by atoms with Crippen molar-refractivity contribution in [3.63, 3.8) is 0 Å². The molecule has 1 heterocycles. The molecule has 0 atom stereocenters. The third-order valence-electron chi connectivity index (χ3n) is 3.50. The Hall–Kier alpha value is -1.68. The van der Waals surface area contributed by atoms with Crippen molar-refractivity contribution >= 4 is 52.9 Å². The van der Waals surface area contributed by atoms with Crippen molar-refractivity contribution in [2.45, 2.75) is 39.8 Å². The molecule has 0 aliphatic rings. The van der Waals surface area contributed by atoms with Gasteiger partial charge < -0.3 is 16.0 Å². The molecule has 0 unspecified atom stereocenters. The Balaban J connectivity index is 0.00000338. The van der Waals surface area contributed by atoms with Crippen LogP contribution in [0.3, 0.4) is 0 Å². The number of carbonyl (C=O) groups is 1. The summed E-state index contributed by atoms with van der Waals surface area (Å²) in [6.07, 6.45) is 0. The molecule has 0 saturated carbocycles. The zero-order chi connectivity index (χ0) is 18.2. The van der Waals surface area contributed by atoms with Gasteiger partial charge in [-0.2, -0.15) is 0 Å². The van der Waals surface area contributed by atoms with Crippen molar-refractivity contribution < 1.29 is 4.79 Å². The van der Waals surface area contributed by atoms with Crippen LogP contribution in [0.1, 0.15) is 43.0 Å². The number of hydrogen-bond donors (Lipinski definition) is 3. The zero-order valence-corrected chi connectivity index (χ0v) is 18.6. The number of anilines is 1. The molecular weight excluding hydrogens is 461 g/mol. The maximum Gasteiger partial charge on any atom is 0.221 e. The Kier molecular flexibility index (Phi) is 9.57. The second-order valence-electron chi connectivity index (χ2n) is 5.98. The zero-order valence-electron chi connectivity index (χ0n) is 15.5. The third-order valence-corrected chi connectivity index (χ3v) is 4.37. The number of halogens is 1. The SMILES string of the molecule is CN=C(NCc1cccc(NC(C)=O)c1)NCc1nc(C(C)C)cs1.I. The van der Waals surface area contributed by atoms with Gasteiger partial charge in [-0.25, -0.2) is 4.98 Å². The lowest BCUT2D eigenvalue weighted by Crippen LogP contribution is -2.36. The number of amides is 1. The fraction of sp³-hybridized carbons (Fsp3) is 0.389. The summed E-state index contributed by atoms with van der Waals surface area (Å²) in [4.78, 5) is 20.0. The molecule has 26 heavy (non-hydrogen) atoms. The Bertz CT molecular complexity index is 745. The first-order valence-corrected chi connectivity index (χ1v) is 9.11. The molecule has 1 amide bonds. The lowest BCUT2D eigenvalue weighted by Gasteiger charge is -2.12. The quantitative estimate of drug-likeness (QED) is 0.330. The average Bonchev–Trinajstić information content (AvgIpc) is 3.04. The summed E-state index contributed by atoms with van der Waals surface area (Å²) in [6.45, 7) is 7.04. The summed E-state index contributed by atoms with van der Waals surface area (Å²) in [6, 6.07) is 7.73. The van der Waals surface area contributed by atoms with Gasteiger partial charge in [0.1, 0.15) is 5.01 Å². The van der Waals surface area contributed by atoms with Crippen LogP contribution < -0.4 is 16.0 Å². The van der Waals surface area contributed by atoms with Crippen molar-refractivity contribution in [3.05, 3.63) is 45.9 Å². The molecule has 1 aromatic heterocycles. The van der Waals surface area contributed by atoms with E-state index in [-0.39, 0.29) is 29.9 Å². The Labute approximate surface area is 175 Å². The minimum atomic E-state index is -0.0770. The van der Waals surface area contributed by atoms with E-state index in [4.69, 9.17) is 0 Å². The van der Waals surface area contributed by atoms with Gasteiger partial charge in [0.25, 0.3) is 0 Å². The van der Waals surface area contributed by atoms with Crippen LogP contribution in [-0.2, 0) is 17.9 Å². The van der Waals surface area contributed by atoms with E-state index in [0.29, 0.717) is 25.0 Å². The molecule has 0 aliphatic heterocycles. The van der Waals surface area contributed by atoms with Gasteiger partial charge in [-0.15, -0.1) is 35.3 Å². The number of nitrogens with zero attached hydrogens (tertiary/aromatic N) is 2. The number of nitrogens with one attached hydrogen (secondary N) is 3. The van der Waals surface area contributed by atoms with Crippen molar-refractivity contribution in [2.24, 2.45) is 4.99 Å². The monoisotopic (exact) mass is 487 g/mol. The smallest absolute Gasteiger partial charge is 0.221 e. The van der Waals surface area contributed by atoms with Crippen molar-refractivity contribution in [3.8, 4) is 0 Å². The molecule has 0 fully saturated rings. The highest BCUT2D eigenvalue weighted by atomic mass is 127. The van der Waals surface area contributed by atoms with E-state index in [1.807, 2.05) is 24.3 Å². The van der Waals surface area contributed by atoms with Gasteiger partial charge in [0, 0.05) is 31.6 Å². The number of rotatable bonds is 6. The summed E-state index contributed by atoms with van der Waals surface area (Å²) in [5.41, 5.74) is 2.98. The van der Waals surface area contributed by atoms with Crippen LogP contribution in [0.4, 0.5) is 5.69 Å². The van der Waals surface area contributed by atoms with Crippen LogP contribution in [0.5, 0.6) is 0 Å². The number of hydrogen-bond acceptors (Lipinski definition) is 4. The van der Waals surface area contributed by atoms with Gasteiger partial charge in [-0.3, -0.25) is 9.79 Å². The van der Waals surface area contributed by atoms with Crippen molar-refractivity contribution in [2.75, 3.05) is 12.4 Å². The highest BCUT2D eigenvalue weighted by Crippen LogP contribution is 2.17. The van der Waals surface area contributed by atoms with Crippen LogP contribution in [0, 0.1) is 0 Å². The lowest BCUT2D eigenvalue weighted by atomic mass is 10.2. The van der Waals surface area contributed by atoms with Crippen LogP contribution in [0.15, 0.2) is 34.6 Å². The Morgan fingerprint density at radius 1 is 1.27 bits per heavy atom. The topological polar surface area (TPSA) is 78.4 Å². The summed E-state index contributed by atoms with van der Waals surface area (Å²) in [5.74, 6) is 1.08. The third kappa shape index (κ3) is 7.28. The van der Waals surface area contributed by atoms with Crippen molar-refractivity contribution in [1.82, 2.24) is 15.6 Å². The number of carbonyl (C=O) groups excluding carboxylic acids is 1. The van der Waals surface area contributed by atoms with Crippen LogP contribution in [-0.4, -0.2) is 23.9 Å². The van der Waals surface area contributed by atoms with Gasteiger partial charge in [0.2, 0.25) is 5.91 Å². The highest BCUT2D eigenvalue weighted by Gasteiger charge is 2.06. The maximum atomic E-state index is 11.1. The molecule has 2 aromatic rings. The molecule has 0 spiro atoms. The van der Waals surface area contributed by atoms with E-state index in [9.17, 15) is 4.79 Å². The summed E-state index contributed by atoms with van der Waals surface area (Å²) in [7, 11) is 1.74. The Morgan fingerprint density at radius 3 is 2.62 bits per heavy atom. The predicted octanol–water partition coefficient (Wildman–Crippen LogP) is 3.71. The lowest BCUT2D eigenvalue weighted by molar-refractivity contribution is -0.114. The fourth-order valence-electron chi connectivity index (χ4n) is 2.20. The van der Waals surface area contributed by atoms with Crippen molar-refractivity contribution in [1.29, 1.82) is 0 Å². The maximum absolute atomic E-state index is 11.1. The van der Waals surface area contributed by atoms with E-state index >= 15 is 0 Å². The van der Waals surface area contributed by atoms with Gasteiger partial charge in [0.05, 0.1) is 12.2 Å². The van der Waals surface area contributed by atoms with Gasteiger partial charge in [-0.05, 0) is 23.6 Å². The number of aliphatic imine (C=N–C) groups is 1. The minimum Gasteiger partial charge on any atom is -0.352 e. The molecule has 0 saturated heterocycles. The average molecular weight is 487 g/mol. The fourth-order valence-corrected chi connectivity index (χ4v) is 3.09. The number of benzene rings is 1. The number of aromatic nitrogens is 1. The van der Waals surface area contributed by atoms with E-state index in [1.54, 1.807) is 18.4 Å². The molecule has 3 N–H and O–H groups in total. The largest absolute Gasteiger partial charge is 0.352 e. The molecule has 1 aromatic carbocycles. The summed E-state index contributed by atoms with van der Waals surface area (Å²) < 4.78 is 0. The first-order valence-electron chi connectivity index (χ1n) is 8.23. The van der Waals surface area contributed by atoms with Crippen LogP contribution >= 0.6 is 35.3 Å². The molecule has 142 valence electrons. The summed E-state index contributed by atoms with van der Waals surface area (Å²) in [5, 5.41) is 12.5. The molecule has 0 aliphatic carbocycles. The predicted molar refractivity (Wildman–Crippen MR) is 119 cm³/mol. The van der Waals surface area contributed by atoms with Crippen LogP contribution in [0.25, 0.3) is 0 Å². The molecular formula is C18H26IN5OS. The summed E-state index contributed by atoms with van der Waals surface area (Å²) >= 11 is 1.66. The van der Waals surface area contributed by atoms with E-state index < -0.39 is 0 Å². The first kappa shape index (κ1) is 22.4. The number of thiazole rings is 1. The first-order chi connectivity index (χ1) is 12.0. The second-order valence-corrected chi connectivity index (χ2v) is 6.92. The number of guanidine groups is 1.